The van der Waals surface area contributed by atoms with Gasteiger partial charge < -0.3 is 9.30 Å². The first-order chi connectivity index (χ1) is 10.6. The zero-order chi connectivity index (χ0) is 15.7. The average Bonchev–Trinajstić information content (AvgIpc) is 2.97. The van der Waals surface area contributed by atoms with Gasteiger partial charge in [-0.2, -0.15) is 0 Å². The Labute approximate surface area is 130 Å². The van der Waals surface area contributed by atoms with Crippen molar-refractivity contribution in [1.29, 1.82) is 0 Å². The quantitative estimate of drug-likeness (QED) is 0.741. The van der Waals surface area contributed by atoms with Gasteiger partial charge in [0, 0.05) is 31.0 Å². The van der Waals surface area contributed by atoms with E-state index < -0.39 is 0 Å². The Balaban J connectivity index is 1.99. The topological polar surface area (TPSA) is 37.6 Å². The standard InChI is InChI=1S/C18H19N3O/c1-13(2)20(3)18(22)15-9-10-17-19-16(12-21(17)11-15)14-7-5-4-6-8-14/h4-13H,1-3H3. The van der Waals surface area contributed by atoms with Crippen LogP contribution in [0, 0.1) is 0 Å². The normalized spacial score (nSPS) is 11.1. The van der Waals surface area contributed by atoms with E-state index >= 15 is 0 Å². The third-order valence-electron chi connectivity index (χ3n) is 3.86. The van der Waals surface area contributed by atoms with E-state index in [0.29, 0.717) is 5.56 Å². The van der Waals surface area contributed by atoms with Gasteiger partial charge in [-0.1, -0.05) is 30.3 Å². The van der Waals surface area contributed by atoms with Crippen molar-refractivity contribution < 1.29 is 4.79 Å². The van der Waals surface area contributed by atoms with Crippen LogP contribution in [0.3, 0.4) is 0 Å². The van der Waals surface area contributed by atoms with Gasteiger partial charge in [0.1, 0.15) is 5.65 Å². The summed E-state index contributed by atoms with van der Waals surface area (Å²) in [6, 6.07) is 13.9. The number of nitrogens with zero attached hydrogens (tertiary/aromatic N) is 3. The SMILES string of the molecule is CC(C)N(C)C(=O)c1ccc2nc(-c3ccccc3)cn2c1. The lowest BCUT2D eigenvalue weighted by Crippen LogP contribution is -2.33. The van der Waals surface area contributed by atoms with Crippen molar-refractivity contribution in [3.63, 3.8) is 0 Å². The molecule has 1 aromatic carbocycles. The Morgan fingerprint density at radius 2 is 1.82 bits per heavy atom. The molecule has 0 N–H and O–H groups in total. The fourth-order valence-electron chi connectivity index (χ4n) is 2.30. The monoisotopic (exact) mass is 293 g/mol. The second kappa shape index (κ2) is 5.64. The molecule has 0 aliphatic heterocycles. The Hall–Kier alpha value is -2.62. The van der Waals surface area contributed by atoms with Crippen LogP contribution in [-0.2, 0) is 0 Å². The number of fused-ring (bicyclic) bond motifs is 1. The highest BCUT2D eigenvalue weighted by atomic mass is 16.2. The number of hydrogen-bond donors (Lipinski definition) is 0. The predicted octanol–water partition coefficient (Wildman–Crippen LogP) is 3.48. The zero-order valence-electron chi connectivity index (χ0n) is 13.0. The molecule has 0 saturated heterocycles. The number of carbonyl (C=O) groups is 1. The van der Waals surface area contributed by atoms with Crippen LogP contribution < -0.4 is 0 Å². The van der Waals surface area contributed by atoms with E-state index in [9.17, 15) is 4.79 Å². The highest BCUT2D eigenvalue weighted by Crippen LogP contribution is 2.19. The third-order valence-corrected chi connectivity index (χ3v) is 3.86. The number of hydrogen-bond acceptors (Lipinski definition) is 2. The molecular formula is C18H19N3O. The van der Waals surface area contributed by atoms with Gasteiger partial charge in [0.05, 0.1) is 11.3 Å². The summed E-state index contributed by atoms with van der Waals surface area (Å²) in [7, 11) is 1.82. The second-order valence-electron chi connectivity index (χ2n) is 5.69. The molecule has 2 heterocycles. The van der Waals surface area contributed by atoms with Gasteiger partial charge in [0.2, 0.25) is 0 Å². The lowest BCUT2D eigenvalue weighted by Gasteiger charge is -2.21. The van der Waals surface area contributed by atoms with Crippen LogP contribution in [0.2, 0.25) is 0 Å². The number of amides is 1. The molecule has 112 valence electrons. The smallest absolute Gasteiger partial charge is 0.255 e. The summed E-state index contributed by atoms with van der Waals surface area (Å²) < 4.78 is 1.91. The summed E-state index contributed by atoms with van der Waals surface area (Å²) in [5.74, 6) is 0.0202. The van der Waals surface area contributed by atoms with Crippen molar-refractivity contribution >= 4 is 11.6 Å². The Kier molecular flexibility index (Phi) is 3.67. The summed E-state index contributed by atoms with van der Waals surface area (Å²) in [5.41, 5.74) is 3.48. The number of aromatic nitrogens is 2. The van der Waals surface area contributed by atoms with Crippen LogP contribution in [0.25, 0.3) is 16.9 Å². The van der Waals surface area contributed by atoms with Gasteiger partial charge in [-0.05, 0) is 26.0 Å². The number of rotatable bonds is 3. The highest BCUT2D eigenvalue weighted by molar-refractivity contribution is 5.94. The first kappa shape index (κ1) is 14.3. The van der Waals surface area contributed by atoms with Crippen molar-refractivity contribution in [3.05, 3.63) is 60.4 Å². The molecule has 0 atom stereocenters. The number of benzene rings is 1. The molecule has 0 saturated carbocycles. The maximum Gasteiger partial charge on any atom is 0.255 e. The molecule has 0 spiro atoms. The number of imidazole rings is 1. The number of carbonyl (C=O) groups excluding carboxylic acids is 1. The minimum Gasteiger partial charge on any atom is -0.339 e. The average molecular weight is 293 g/mol. The zero-order valence-corrected chi connectivity index (χ0v) is 13.0. The summed E-state index contributed by atoms with van der Waals surface area (Å²) in [6.07, 6.45) is 3.80. The molecule has 0 aliphatic carbocycles. The van der Waals surface area contributed by atoms with Crippen molar-refractivity contribution in [2.75, 3.05) is 7.05 Å². The van der Waals surface area contributed by atoms with Gasteiger partial charge in [-0.25, -0.2) is 4.98 Å². The Morgan fingerprint density at radius 1 is 1.09 bits per heavy atom. The van der Waals surface area contributed by atoms with E-state index in [1.807, 2.05) is 80.2 Å². The van der Waals surface area contributed by atoms with Gasteiger partial charge in [-0.3, -0.25) is 4.79 Å². The van der Waals surface area contributed by atoms with Crippen molar-refractivity contribution in [3.8, 4) is 11.3 Å². The third kappa shape index (κ3) is 2.60. The van der Waals surface area contributed by atoms with Gasteiger partial charge in [0.25, 0.3) is 5.91 Å². The minimum absolute atomic E-state index is 0.0202. The van der Waals surface area contributed by atoms with Crippen LogP contribution in [0.4, 0.5) is 0 Å². The van der Waals surface area contributed by atoms with Crippen LogP contribution in [-0.4, -0.2) is 33.3 Å². The molecule has 4 heteroatoms. The van der Waals surface area contributed by atoms with Gasteiger partial charge >= 0.3 is 0 Å². The molecule has 0 unspecified atom stereocenters. The van der Waals surface area contributed by atoms with Gasteiger partial charge in [0.15, 0.2) is 0 Å². The summed E-state index contributed by atoms with van der Waals surface area (Å²) in [4.78, 5) is 18.7. The number of pyridine rings is 1. The molecule has 3 rings (SSSR count). The Bertz CT molecular complexity index is 806. The first-order valence-corrected chi connectivity index (χ1v) is 7.37. The fraction of sp³-hybridized carbons (Fsp3) is 0.222. The van der Waals surface area contributed by atoms with E-state index in [1.54, 1.807) is 4.90 Å². The van der Waals surface area contributed by atoms with E-state index in [-0.39, 0.29) is 11.9 Å². The lowest BCUT2D eigenvalue weighted by atomic mass is 10.2. The summed E-state index contributed by atoms with van der Waals surface area (Å²) in [6.45, 7) is 4.00. The van der Waals surface area contributed by atoms with Crippen molar-refractivity contribution in [2.45, 2.75) is 19.9 Å². The van der Waals surface area contributed by atoms with Crippen LogP contribution in [0.5, 0.6) is 0 Å². The van der Waals surface area contributed by atoms with Crippen molar-refractivity contribution in [2.24, 2.45) is 0 Å². The molecule has 0 fully saturated rings. The van der Waals surface area contributed by atoms with Crippen molar-refractivity contribution in [1.82, 2.24) is 14.3 Å². The maximum absolute atomic E-state index is 12.4. The lowest BCUT2D eigenvalue weighted by molar-refractivity contribution is 0.0754. The molecular weight excluding hydrogens is 274 g/mol. The molecule has 22 heavy (non-hydrogen) atoms. The van der Waals surface area contributed by atoms with Crippen LogP contribution >= 0.6 is 0 Å². The molecule has 0 bridgehead atoms. The van der Waals surface area contributed by atoms with Crippen LogP contribution in [0.15, 0.2) is 54.9 Å². The molecule has 0 aliphatic rings. The van der Waals surface area contributed by atoms with E-state index in [1.165, 1.54) is 0 Å². The molecule has 4 nitrogen and oxygen atoms in total. The maximum atomic E-state index is 12.4. The van der Waals surface area contributed by atoms with E-state index in [0.717, 1.165) is 16.9 Å². The van der Waals surface area contributed by atoms with Gasteiger partial charge in [-0.15, -0.1) is 0 Å². The summed E-state index contributed by atoms with van der Waals surface area (Å²) >= 11 is 0. The predicted molar refractivity (Wildman–Crippen MR) is 87.9 cm³/mol. The fourth-order valence-corrected chi connectivity index (χ4v) is 2.30. The second-order valence-corrected chi connectivity index (χ2v) is 5.69. The Morgan fingerprint density at radius 3 is 2.50 bits per heavy atom. The first-order valence-electron chi connectivity index (χ1n) is 7.37. The highest BCUT2D eigenvalue weighted by Gasteiger charge is 2.15. The minimum atomic E-state index is 0.0202. The van der Waals surface area contributed by atoms with E-state index in [4.69, 9.17) is 0 Å². The summed E-state index contributed by atoms with van der Waals surface area (Å²) in [5, 5.41) is 0. The molecule has 2 aromatic heterocycles. The molecule has 1 amide bonds. The molecule has 0 radical (unpaired) electrons. The van der Waals surface area contributed by atoms with E-state index in [2.05, 4.69) is 4.98 Å². The largest absolute Gasteiger partial charge is 0.339 e. The van der Waals surface area contributed by atoms with Crippen LogP contribution in [0.1, 0.15) is 24.2 Å². The molecule has 3 aromatic rings.